The van der Waals surface area contributed by atoms with Gasteiger partial charge in [-0.25, -0.2) is 15.0 Å². The van der Waals surface area contributed by atoms with Crippen LogP contribution < -0.4 is 26.0 Å². The first-order valence-corrected chi connectivity index (χ1v) is 20.8. The predicted molar refractivity (Wildman–Crippen MR) is 229 cm³/mol. The van der Waals surface area contributed by atoms with Crippen LogP contribution in [0.1, 0.15) is 48.8 Å². The summed E-state index contributed by atoms with van der Waals surface area (Å²) in [5.74, 6) is -1.92. The average Bonchev–Trinajstić information content (AvgIpc) is 3.86. The molecule has 332 valence electrons. The number of halogens is 3. The molecule has 3 atom stereocenters. The molecule has 19 heteroatoms. The second kappa shape index (κ2) is 20.2. The Kier molecular flexibility index (Phi) is 14.7. The number of nitrogens with zero attached hydrogens (tertiary/aromatic N) is 4. The largest absolute Gasteiger partial charge is 0.573 e. The van der Waals surface area contributed by atoms with Gasteiger partial charge < -0.3 is 40.7 Å². The molecule has 0 bridgehead atoms. The van der Waals surface area contributed by atoms with Crippen LogP contribution in [-0.2, 0) is 25.7 Å². The number of likely N-dealkylation sites (tertiary alicyclic amines) is 1. The summed E-state index contributed by atoms with van der Waals surface area (Å²) >= 11 is 1.55. The Labute approximate surface area is 365 Å². The minimum atomic E-state index is -4.80. The number of rotatable bonds is 16. The molecule has 5 aromatic rings. The van der Waals surface area contributed by atoms with E-state index >= 15 is 0 Å². The van der Waals surface area contributed by atoms with Crippen LogP contribution in [0.15, 0.2) is 90.7 Å². The van der Waals surface area contributed by atoms with Crippen molar-refractivity contribution >= 4 is 46.5 Å². The van der Waals surface area contributed by atoms with Gasteiger partial charge in [0, 0.05) is 48.9 Å². The second-order valence-corrected chi connectivity index (χ2v) is 16.7. The number of anilines is 2. The molecule has 0 aliphatic carbocycles. The van der Waals surface area contributed by atoms with Gasteiger partial charge in [0.2, 0.25) is 17.7 Å². The van der Waals surface area contributed by atoms with Gasteiger partial charge in [-0.05, 0) is 59.9 Å². The molecule has 4 amide bonds. The highest BCUT2D eigenvalue weighted by molar-refractivity contribution is 7.13. The van der Waals surface area contributed by atoms with E-state index in [1.54, 1.807) is 68.0 Å². The molecule has 1 aliphatic rings. The van der Waals surface area contributed by atoms with E-state index in [1.807, 2.05) is 31.2 Å². The highest BCUT2D eigenvalue weighted by Crippen LogP contribution is 2.29. The summed E-state index contributed by atoms with van der Waals surface area (Å²) in [6, 6.07) is 19.2. The molecule has 0 radical (unpaired) electrons. The summed E-state index contributed by atoms with van der Waals surface area (Å²) in [7, 11) is 0. The van der Waals surface area contributed by atoms with Crippen molar-refractivity contribution < 1.29 is 46.9 Å². The summed E-state index contributed by atoms with van der Waals surface area (Å²) < 4.78 is 46.9. The van der Waals surface area contributed by atoms with Gasteiger partial charge in [0.1, 0.15) is 36.6 Å². The van der Waals surface area contributed by atoms with Crippen LogP contribution in [-0.4, -0.2) is 99.4 Å². The zero-order valence-electron chi connectivity index (χ0n) is 34.9. The molecule has 1 aliphatic heterocycles. The maximum Gasteiger partial charge on any atom is 0.573 e. The summed E-state index contributed by atoms with van der Waals surface area (Å²) in [5, 5.41) is 21.9. The van der Waals surface area contributed by atoms with E-state index in [1.165, 1.54) is 35.5 Å². The zero-order chi connectivity index (χ0) is 45.3. The highest BCUT2D eigenvalue weighted by atomic mass is 32.1. The van der Waals surface area contributed by atoms with Gasteiger partial charge in [-0.1, -0.05) is 57.2 Å². The number of thiazole rings is 1. The lowest BCUT2D eigenvalue weighted by Crippen LogP contribution is -2.58. The first-order chi connectivity index (χ1) is 29.9. The lowest BCUT2D eigenvalue weighted by atomic mass is 9.85. The van der Waals surface area contributed by atoms with E-state index in [9.17, 15) is 37.5 Å². The third-order valence-corrected chi connectivity index (χ3v) is 10.9. The number of hydrogen-bond donors (Lipinski definition) is 5. The lowest BCUT2D eigenvalue weighted by molar-refractivity contribution is -0.274. The Balaban J connectivity index is 0.959. The van der Waals surface area contributed by atoms with Gasteiger partial charge in [-0.15, -0.1) is 24.5 Å². The van der Waals surface area contributed by atoms with Crippen LogP contribution >= 0.6 is 11.3 Å². The molecule has 0 saturated carbocycles. The van der Waals surface area contributed by atoms with Crippen molar-refractivity contribution in [2.24, 2.45) is 5.41 Å². The smallest absolute Gasteiger partial charge is 0.406 e. The number of amides is 4. The number of aliphatic hydroxyl groups is 1. The minimum absolute atomic E-state index is 0.0224. The Bertz CT molecular complexity index is 2390. The topological polar surface area (TPSA) is 197 Å². The molecule has 6 rings (SSSR count). The van der Waals surface area contributed by atoms with Crippen LogP contribution in [0.5, 0.6) is 5.75 Å². The summed E-state index contributed by atoms with van der Waals surface area (Å²) in [5.41, 5.74) is 5.70. The molecule has 3 heterocycles. The van der Waals surface area contributed by atoms with Crippen molar-refractivity contribution in [1.29, 1.82) is 0 Å². The SMILES string of the molecule is Cc1ncsc1-c1ccc(CNC(=O)C2CC(O)CN2C(=O)C(NC(=O)COCCNC(=O)c2cccc(-c3cc(Nc4ccc(OC(F)(F)F)cc4)ncn3)c2)C(C)(C)C)cc1. The van der Waals surface area contributed by atoms with Crippen molar-refractivity contribution in [3.05, 3.63) is 108 Å². The number of nitrogens with one attached hydrogen (secondary N) is 4. The van der Waals surface area contributed by atoms with Crippen LogP contribution in [0, 0.1) is 12.3 Å². The molecule has 3 aromatic carbocycles. The molecule has 3 unspecified atom stereocenters. The molecule has 1 saturated heterocycles. The summed E-state index contributed by atoms with van der Waals surface area (Å²) in [4.78, 5) is 68.6. The van der Waals surface area contributed by atoms with Gasteiger partial charge in [0.05, 0.1) is 34.5 Å². The maximum absolute atomic E-state index is 14.0. The van der Waals surface area contributed by atoms with Crippen molar-refractivity contribution in [2.75, 3.05) is 31.6 Å². The minimum Gasteiger partial charge on any atom is -0.406 e. The number of ether oxygens (including phenoxy) is 2. The van der Waals surface area contributed by atoms with Crippen molar-refractivity contribution in [1.82, 2.24) is 35.8 Å². The average molecular weight is 889 g/mol. The Morgan fingerprint density at radius 1 is 0.937 bits per heavy atom. The van der Waals surface area contributed by atoms with Crippen LogP contribution in [0.25, 0.3) is 21.7 Å². The Hall–Kier alpha value is -6.44. The predicted octanol–water partition coefficient (Wildman–Crippen LogP) is 5.77. The van der Waals surface area contributed by atoms with Gasteiger partial charge in [0.25, 0.3) is 5.91 Å². The number of aliphatic hydroxyl groups excluding tert-OH is 1. The van der Waals surface area contributed by atoms with Crippen LogP contribution in [0.4, 0.5) is 24.7 Å². The van der Waals surface area contributed by atoms with E-state index < -0.39 is 60.2 Å². The van der Waals surface area contributed by atoms with Gasteiger partial charge in [-0.3, -0.25) is 19.2 Å². The highest BCUT2D eigenvalue weighted by Gasteiger charge is 2.44. The molecule has 15 nitrogen and oxygen atoms in total. The first kappa shape index (κ1) is 46.1. The number of hydrogen-bond acceptors (Lipinski definition) is 12. The number of aryl methyl sites for hydroxylation is 1. The van der Waals surface area contributed by atoms with Crippen molar-refractivity contribution in [2.45, 2.75) is 65.2 Å². The van der Waals surface area contributed by atoms with Crippen LogP contribution in [0.2, 0.25) is 0 Å². The third-order valence-electron chi connectivity index (χ3n) is 9.92. The molecule has 63 heavy (non-hydrogen) atoms. The third kappa shape index (κ3) is 12.8. The van der Waals surface area contributed by atoms with Crippen molar-refractivity contribution in [3.63, 3.8) is 0 Å². The van der Waals surface area contributed by atoms with E-state index in [2.05, 4.69) is 41.0 Å². The molecule has 0 spiro atoms. The van der Waals surface area contributed by atoms with Crippen LogP contribution in [0.3, 0.4) is 0 Å². The molecule has 1 fully saturated rings. The van der Waals surface area contributed by atoms with E-state index in [0.29, 0.717) is 28.3 Å². The number of β-amino-alcohol motifs (C(OH)–C–C–N with tert-alkyl or cyclic N) is 1. The Morgan fingerprint density at radius 2 is 1.68 bits per heavy atom. The fourth-order valence-corrected chi connectivity index (χ4v) is 7.59. The quantitative estimate of drug-likeness (QED) is 0.0755. The molecule has 2 aromatic heterocycles. The van der Waals surface area contributed by atoms with E-state index in [4.69, 9.17) is 4.74 Å². The monoisotopic (exact) mass is 888 g/mol. The number of carbonyl (C=O) groups excluding carboxylic acids is 4. The number of aromatic nitrogens is 3. The summed E-state index contributed by atoms with van der Waals surface area (Å²) in [6.45, 7) is 7.08. The molecule has 5 N–H and O–H groups in total. The van der Waals surface area contributed by atoms with Gasteiger partial charge >= 0.3 is 6.36 Å². The van der Waals surface area contributed by atoms with Gasteiger partial charge in [-0.2, -0.15) is 0 Å². The maximum atomic E-state index is 14.0. The fraction of sp³-hybridized carbons (Fsp3) is 0.341. The number of benzene rings is 3. The lowest BCUT2D eigenvalue weighted by Gasteiger charge is -2.35. The standard InChI is InChI=1S/C44H47F3N8O7S/c1-26-38(63-25-52-26)28-10-8-27(9-11-28)21-49-41(59)35-19-32(56)22-55(35)42(60)39(43(2,3)4)54-37(57)23-61-17-16-48-40(58)30-7-5-6-29(18-30)34-20-36(51-24-50-34)53-31-12-14-33(15-13-31)62-44(45,46)47/h5-15,18,20,24-25,32,35,39,56H,16-17,19,21-23H2,1-4H3,(H,48,58)(H,49,59)(H,54,57)(H,50,51,53). The number of carbonyl (C=O) groups is 4. The van der Waals surface area contributed by atoms with E-state index in [0.717, 1.165) is 21.7 Å². The Morgan fingerprint density at radius 3 is 2.37 bits per heavy atom. The normalized spacial score (nSPS) is 15.7. The molecular weight excluding hydrogens is 842 g/mol. The van der Waals surface area contributed by atoms with Gasteiger partial charge in [0.15, 0.2) is 0 Å². The number of alkyl halides is 3. The summed E-state index contributed by atoms with van der Waals surface area (Å²) in [6.07, 6.45) is -4.36. The zero-order valence-corrected chi connectivity index (χ0v) is 35.7. The first-order valence-electron chi connectivity index (χ1n) is 19.9. The fourth-order valence-electron chi connectivity index (χ4n) is 6.78. The second-order valence-electron chi connectivity index (χ2n) is 15.8. The molecular formula is C44H47F3N8O7S. The van der Waals surface area contributed by atoms with Crippen molar-refractivity contribution in [3.8, 4) is 27.4 Å². The van der Waals surface area contributed by atoms with E-state index in [-0.39, 0.29) is 38.4 Å².